The summed E-state index contributed by atoms with van der Waals surface area (Å²) in [6.45, 7) is 2.15. The Morgan fingerprint density at radius 1 is 1.10 bits per heavy atom. The molecule has 1 saturated heterocycles. The van der Waals surface area contributed by atoms with Gasteiger partial charge in [0.25, 0.3) is 0 Å². The van der Waals surface area contributed by atoms with Crippen molar-refractivity contribution in [1.29, 1.82) is 0 Å². The maximum atomic E-state index is 11.9. The van der Waals surface area contributed by atoms with Crippen LogP contribution in [-0.2, 0) is 19.1 Å². The molecule has 1 aliphatic carbocycles. The summed E-state index contributed by atoms with van der Waals surface area (Å²) in [5.41, 5.74) is 0. The molecule has 4 atom stereocenters. The molecule has 2 rings (SSSR count). The van der Waals surface area contributed by atoms with Crippen molar-refractivity contribution < 1.29 is 24.2 Å². The van der Waals surface area contributed by atoms with Gasteiger partial charge in [0.05, 0.1) is 17.8 Å². The minimum atomic E-state index is -1.07. The van der Waals surface area contributed by atoms with E-state index >= 15 is 0 Å². The molecule has 1 fully saturated rings. The van der Waals surface area contributed by atoms with E-state index in [1.165, 1.54) is 19.3 Å². The van der Waals surface area contributed by atoms with Crippen LogP contribution in [0.1, 0.15) is 45.4 Å². The third kappa shape index (κ3) is 3.34. The standard InChI is InChI=1S/C16H22O5/c1-2-3-4-5-6-7-10-8-9-11(14(17)18)13-12(10)15(19)21-16(13)20/h8-13H,2-7H2,1H3,(H,17,18). The highest BCUT2D eigenvalue weighted by Gasteiger charge is 2.54. The van der Waals surface area contributed by atoms with Gasteiger partial charge in [-0.25, -0.2) is 0 Å². The molecular weight excluding hydrogens is 272 g/mol. The second kappa shape index (κ2) is 6.87. The summed E-state index contributed by atoms with van der Waals surface area (Å²) >= 11 is 0. The number of carboxylic acids is 1. The molecule has 5 heteroatoms. The lowest BCUT2D eigenvalue weighted by molar-refractivity contribution is -0.156. The quantitative estimate of drug-likeness (QED) is 0.338. The molecule has 4 unspecified atom stereocenters. The molecule has 1 N–H and O–H groups in total. The summed E-state index contributed by atoms with van der Waals surface area (Å²) in [6, 6.07) is 0. The number of fused-ring (bicyclic) bond motifs is 1. The number of unbranched alkanes of at least 4 members (excludes halogenated alkanes) is 4. The van der Waals surface area contributed by atoms with Gasteiger partial charge in [0.1, 0.15) is 0 Å². The van der Waals surface area contributed by atoms with E-state index in [-0.39, 0.29) is 5.92 Å². The van der Waals surface area contributed by atoms with Crippen molar-refractivity contribution >= 4 is 17.9 Å². The van der Waals surface area contributed by atoms with E-state index < -0.39 is 35.7 Å². The van der Waals surface area contributed by atoms with Crippen LogP contribution in [0, 0.1) is 23.7 Å². The summed E-state index contributed by atoms with van der Waals surface area (Å²) in [6.07, 6.45) is 9.78. The number of ether oxygens (including phenoxy) is 1. The number of hydrogen-bond donors (Lipinski definition) is 1. The smallest absolute Gasteiger partial charge is 0.318 e. The lowest BCUT2D eigenvalue weighted by atomic mass is 9.70. The molecule has 0 aromatic rings. The fourth-order valence-corrected chi connectivity index (χ4v) is 3.34. The molecular formula is C16H22O5. The number of carboxylic acid groups (broad SMARTS) is 1. The molecule has 2 aliphatic rings. The SMILES string of the molecule is CCCCCCCC1C=CC(C(=O)O)C2C(=O)OC(=O)C12. The summed E-state index contributed by atoms with van der Waals surface area (Å²) in [5.74, 6) is -4.79. The highest BCUT2D eigenvalue weighted by Crippen LogP contribution is 2.42. The highest BCUT2D eigenvalue weighted by atomic mass is 16.6. The summed E-state index contributed by atoms with van der Waals surface area (Å²) in [7, 11) is 0. The number of carbonyl (C=O) groups excluding carboxylic acids is 2. The first-order valence-electron chi connectivity index (χ1n) is 7.73. The zero-order valence-electron chi connectivity index (χ0n) is 12.3. The first kappa shape index (κ1) is 15.7. The van der Waals surface area contributed by atoms with Crippen LogP contribution in [0.5, 0.6) is 0 Å². The summed E-state index contributed by atoms with van der Waals surface area (Å²) < 4.78 is 4.68. The number of carbonyl (C=O) groups is 3. The van der Waals surface area contributed by atoms with Gasteiger partial charge in [0, 0.05) is 0 Å². The molecule has 0 amide bonds. The van der Waals surface area contributed by atoms with Crippen molar-refractivity contribution in [3.8, 4) is 0 Å². The summed E-state index contributed by atoms with van der Waals surface area (Å²) in [4.78, 5) is 34.8. The fourth-order valence-electron chi connectivity index (χ4n) is 3.34. The molecule has 1 heterocycles. The van der Waals surface area contributed by atoms with E-state index in [9.17, 15) is 19.5 Å². The van der Waals surface area contributed by atoms with Gasteiger partial charge in [-0.2, -0.15) is 0 Å². The number of esters is 2. The van der Waals surface area contributed by atoms with Crippen molar-refractivity contribution in [1.82, 2.24) is 0 Å². The number of rotatable bonds is 7. The molecule has 1 aliphatic heterocycles. The zero-order valence-corrected chi connectivity index (χ0v) is 12.3. The molecule has 21 heavy (non-hydrogen) atoms. The largest absolute Gasteiger partial charge is 0.481 e. The van der Waals surface area contributed by atoms with Crippen LogP contribution in [0.25, 0.3) is 0 Å². The molecule has 0 saturated carbocycles. The number of hydrogen-bond acceptors (Lipinski definition) is 4. The normalized spacial score (nSPS) is 31.1. The topological polar surface area (TPSA) is 80.7 Å². The molecule has 116 valence electrons. The molecule has 0 aromatic heterocycles. The Morgan fingerprint density at radius 3 is 2.43 bits per heavy atom. The number of aliphatic carboxylic acids is 1. The van der Waals surface area contributed by atoms with Gasteiger partial charge in [0.15, 0.2) is 0 Å². The zero-order chi connectivity index (χ0) is 15.4. The van der Waals surface area contributed by atoms with E-state index in [0.717, 1.165) is 19.3 Å². The van der Waals surface area contributed by atoms with Crippen LogP contribution >= 0.6 is 0 Å². The molecule has 0 spiro atoms. The molecule has 0 bridgehead atoms. The average molecular weight is 294 g/mol. The maximum absolute atomic E-state index is 11.9. The van der Waals surface area contributed by atoms with Crippen molar-refractivity contribution in [2.45, 2.75) is 45.4 Å². The lowest BCUT2D eigenvalue weighted by Crippen LogP contribution is -2.37. The van der Waals surface area contributed by atoms with Crippen LogP contribution in [0.15, 0.2) is 12.2 Å². The lowest BCUT2D eigenvalue weighted by Gasteiger charge is -2.28. The van der Waals surface area contributed by atoms with Gasteiger partial charge in [-0.05, 0) is 12.3 Å². The van der Waals surface area contributed by atoms with Gasteiger partial charge < -0.3 is 9.84 Å². The molecule has 5 nitrogen and oxygen atoms in total. The van der Waals surface area contributed by atoms with Gasteiger partial charge in [-0.15, -0.1) is 0 Å². The van der Waals surface area contributed by atoms with E-state index in [4.69, 9.17) is 0 Å². The Bertz CT molecular complexity index is 454. The predicted octanol–water partition coefficient (Wildman–Crippen LogP) is 2.55. The van der Waals surface area contributed by atoms with Crippen LogP contribution in [0.3, 0.4) is 0 Å². The van der Waals surface area contributed by atoms with E-state index in [1.54, 1.807) is 12.2 Å². The fraction of sp³-hybridized carbons (Fsp3) is 0.688. The molecule has 0 radical (unpaired) electrons. The third-order valence-corrected chi connectivity index (χ3v) is 4.47. The Labute approximate surface area is 124 Å². The maximum Gasteiger partial charge on any atom is 0.318 e. The van der Waals surface area contributed by atoms with Crippen LogP contribution in [-0.4, -0.2) is 23.0 Å². The van der Waals surface area contributed by atoms with E-state index in [0.29, 0.717) is 0 Å². The Morgan fingerprint density at radius 2 is 1.76 bits per heavy atom. The monoisotopic (exact) mass is 294 g/mol. The van der Waals surface area contributed by atoms with E-state index in [2.05, 4.69) is 11.7 Å². The Kier molecular flexibility index (Phi) is 5.15. The van der Waals surface area contributed by atoms with Gasteiger partial charge >= 0.3 is 17.9 Å². The summed E-state index contributed by atoms with van der Waals surface area (Å²) in [5, 5.41) is 9.18. The van der Waals surface area contributed by atoms with Crippen LogP contribution < -0.4 is 0 Å². The van der Waals surface area contributed by atoms with Crippen molar-refractivity contribution in [2.24, 2.45) is 23.7 Å². The van der Waals surface area contributed by atoms with Gasteiger partial charge in [0.2, 0.25) is 0 Å². The second-order valence-electron chi connectivity index (χ2n) is 5.91. The highest BCUT2D eigenvalue weighted by molar-refractivity contribution is 5.99. The minimum absolute atomic E-state index is 0.0776. The van der Waals surface area contributed by atoms with Crippen molar-refractivity contribution in [3.63, 3.8) is 0 Å². The van der Waals surface area contributed by atoms with Gasteiger partial charge in [-0.3, -0.25) is 14.4 Å². The van der Waals surface area contributed by atoms with Crippen molar-refractivity contribution in [3.05, 3.63) is 12.2 Å². The van der Waals surface area contributed by atoms with Crippen LogP contribution in [0.4, 0.5) is 0 Å². The average Bonchev–Trinajstić information content (AvgIpc) is 2.74. The predicted molar refractivity (Wildman–Crippen MR) is 75.2 cm³/mol. The first-order chi connectivity index (χ1) is 10.1. The number of cyclic esters (lactones) is 2. The van der Waals surface area contributed by atoms with Gasteiger partial charge in [-0.1, -0.05) is 51.2 Å². The second-order valence-corrected chi connectivity index (χ2v) is 5.91. The van der Waals surface area contributed by atoms with Crippen LogP contribution in [0.2, 0.25) is 0 Å². The molecule has 0 aromatic carbocycles. The first-order valence-corrected chi connectivity index (χ1v) is 7.73. The Balaban J connectivity index is 2.02. The minimum Gasteiger partial charge on any atom is -0.481 e. The third-order valence-electron chi connectivity index (χ3n) is 4.47. The Hall–Kier alpha value is -1.65. The van der Waals surface area contributed by atoms with E-state index in [1.807, 2.05) is 0 Å². The number of allylic oxidation sites excluding steroid dienone is 1. The van der Waals surface area contributed by atoms with Crippen molar-refractivity contribution in [2.75, 3.05) is 0 Å².